The first-order chi connectivity index (χ1) is 6.65. The van der Waals surface area contributed by atoms with Crippen LogP contribution in [0.4, 0.5) is 0 Å². The monoisotopic (exact) mass is 192 g/mol. The molecule has 0 saturated carbocycles. The molecule has 0 amide bonds. The maximum Gasteiger partial charge on any atom is 0.313 e. The molecule has 1 aromatic carbocycles. The Morgan fingerprint density at radius 3 is 2.79 bits per heavy atom. The molecule has 2 heteroatoms. The summed E-state index contributed by atoms with van der Waals surface area (Å²) in [5.74, 6) is -0.326. The van der Waals surface area contributed by atoms with Crippen LogP contribution in [0.2, 0.25) is 0 Å². The molecule has 1 rings (SSSR count). The molecule has 0 radical (unpaired) electrons. The third-order valence-electron chi connectivity index (χ3n) is 2.18. The van der Waals surface area contributed by atoms with Gasteiger partial charge in [-0.25, -0.2) is 0 Å². The maximum atomic E-state index is 11.4. The smallest absolute Gasteiger partial charge is 0.313 e. The second kappa shape index (κ2) is 4.80. The summed E-state index contributed by atoms with van der Waals surface area (Å²) in [6, 6.07) is 7.94. The van der Waals surface area contributed by atoms with Crippen LogP contribution in [0.3, 0.4) is 0 Å². The van der Waals surface area contributed by atoms with Crippen molar-refractivity contribution < 1.29 is 9.53 Å². The third kappa shape index (κ3) is 2.59. The quantitative estimate of drug-likeness (QED) is 0.688. The fourth-order valence-electron chi connectivity index (χ4n) is 1.34. The van der Waals surface area contributed by atoms with Crippen LogP contribution in [0, 0.1) is 6.92 Å². The lowest BCUT2D eigenvalue weighted by atomic mass is 10.00. The van der Waals surface area contributed by atoms with E-state index in [0.29, 0.717) is 6.61 Å². The van der Waals surface area contributed by atoms with Gasteiger partial charge in [0.1, 0.15) is 0 Å². The molecular weight excluding hydrogens is 176 g/mol. The summed E-state index contributed by atoms with van der Waals surface area (Å²) in [5.41, 5.74) is 2.18. The highest BCUT2D eigenvalue weighted by molar-refractivity contribution is 5.77. The zero-order chi connectivity index (χ0) is 10.6. The molecule has 0 unspecified atom stereocenters. The van der Waals surface area contributed by atoms with E-state index < -0.39 is 0 Å². The van der Waals surface area contributed by atoms with E-state index in [4.69, 9.17) is 4.74 Å². The Balaban J connectivity index is 2.78. The van der Waals surface area contributed by atoms with Gasteiger partial charge in [0, 0.05) is 0 Å². The summed E-state index contributed by atoms with van der Waals surface area (Å²) in [5, 5.41) is 0. The molecule has 1 aromatic rings. The Morgan fingerprint density at radius 2 is 2.21 bits per heavy atom. The lowest BCUT2D eigenvalue weighted by molar-refractivity contribution is -0.144. The SMILES string of the molecule is CCOC(=O)[C@@H](C)c1cccc(C)c1. The van der Waals surface area contributed by atoms with E-state index in [2.05, 4.69) is 0 Å². The highest BCUT2D eigenvalue weighted by Gasteiger charge is 2.15. The van der Waals surface area contributed by atoms with E-state index in [-0.39, 0.29) is 11.9 Å². The van der Waals surface area contributed by atoms with E-state index in [1.807, 2.05) is 45.0 Å². The number of aryl methyl sites for hydroxylation is 1. The molecule has 76 valence electrons. The van der Waals surface area contributed by atoms with E-state index >= 15 is 0 Å². The summed E-state index contributed by atoms with van der Waals surface area (Å²) in [6.45, 7) is 6.14. The number of benzene rings is 1. The summed E-state index contributed by atoms with van der Waals surface area (Å²) in [7, 11) is 0. The first kappa shape index (κ1) is 10.8. The summed E-state index contributed by atoms with van der Waals surface area (Å²) >= 11 is 0. The fraction of sp³-hybridized carbons (Fsp3) is 0.417. The van der Waals surface area contributed by atoms with Crippen molar-refractivity contribution in [1.82, 2.24) is 0 Å². The van der Waals surface area contributed by atoms with Crippen LogP contribution in [0.5, 0.6) is 0 Å². The highest BCUT2D eigenvalue weighted by atomic mass is 16.5. The lowest BCUT2D eigenvalue weighted by Crippen LogP contribution is -2.12. The predicted molar refractivity (Wildman–Crippen MR) is 56.2 cm³/mol. The standard InChI is InChI=1S/C12H16O2/c1-4-14-12(13)10(3)11-7-5-6-9(2)8-11/h5-8,10H,4H2,1-3H3/t10-/m0/s1. The van der Waals surface area contributed by atoms with Crippen LogP contribution < -0.4 is 0 Å². The number of ether oxygens (including phenoxy) is 1. The number of carbonyl (C=O) groups is 1. The number of rotatable bonds is 3. The molecule has 2 nitrogen and oxygen atoms in total. The minimum Gasteiger partial charge on any atom is -0.466 e. The van der Waals surface area contributed by atoms with Crippen molar-refractivity contribution in [3.05, 3.63) is 35.4 Å². The second-order valence-electron chi connectivity index (χ2n) is 3.39. The maximum absolute atomic E-state index is 11.4. The van der Waals surface area contributed by atoms with E-state index in [0.717, 1.165) is 5.56 Å². The van der Waals surface area contributed by atoms with Gasteiger partial charge in [0.05, 0.1) is 12.5 Å². The van der Waals surface area contributed by atoms with E-state index in [9.17, 15) is 4.79 Å². The van der Waals surface area contributed by atoms with Crippen LogP contribution in [-0.2, 0) is 9.53 Å². The van der Waals surface area contributed by atoms with Gasteiger partial charge < -0.3 is 4.74 Å². The van der Waals surface area contributed by atoms with Crippen molar-refractivity contribution >= 4 is 5.97 Å². The van der Waals surface area contributed by atoms with Gasteiger partial charge in [-0.1, -0.05) is 29.8 Å². The van der Waals surface area contributed by atoms with E-state index in [1.54, 1.807) is 0 Å². The number of carbonyl (C=O) groups excluding carboxylic acids is 1. The van der Waals surface area contributed by atoms with Gasteiger partial charge in [-0.15, -0.1) is 0 Å². The van der Waals surface area contributed by atoms with Crippen molar-refractivity contribution in [2.24, 2.45) is 0 Å². The van der Waals surface area contributed by atoms with Crippen molar-refractivity contribution in [1.29, 1.82) is 0 Å². The molecular formula is C12H16O2. The molecule has 0 aliphatic rings. The van der Waals surface area contributed by atoms with Gasteiger partial charge in [-0.2, -0.15) is 0 Å². The van der Waals surface area contributed by atoms with Crippen LogP contribution in [-0.4, -0.2) is 12.6 Å². The summed E-state index contributed by atoms with van der Waals surface area (Å²) in [4.78, 5) is 11.4. The molecule has 1 atom stereocenters. The number of esters is 1. The van der Waals surface area contributed by atoms with Crippen molar-refractivity contribution in [3.63, 3.8) is 0 Å². The largest absolute Gasteiger partial charge is 0.466 e. The van der Waals surface area contributed by atoms with Gasteiger partial charge in [0.25, 0.3) is 0 Å². The molecule has 0 aliphatic heterocycles. The van der Waals surface area contributed by atoms with Crippen LogP contribution in [0.25, 0.3) is 0 Å². The Bertz CT molecular complexity index is 318. The van der Waals surface area contributed by atoms with Crippen molar-refractivity contribution in [3.8, 4) is 0 Å². The minimum absolute atomic E-state index is 0.155. The van der Waals surface area contributed by atoms with Crippen LogP contribution in [0.15, 0.2) is 24.3 Å². The Hall–Kier alpha value is -1.31. The molecule has 0 bridgehead atoms. The van der Waals surface area contributed by atoms with Crippen LogP contribution in [0.1, 0.15) is 30.9 Å². The topological polar surface area (TPSA) is 26.3 Å². The van der Waals surface area contributed by atoms with Crippen LogP contribution >= 0.6 is 0 Å². The Morgan fingerprint density at radius 1 is 1.50 bits per heavy atom. The molecule has 0 aliphatic carbocycles. The molecule has 0 aromatic heterocycles. The summed E-state index contributed by atoms with van der Waals surface area (Å²) in [6.07, 6.45) is 0. The zero-order valence-corrected chi connectivity index (χ0v) is 8.91. The molecule has 0 saturated heterocycles. The average molecular weight is 192 g/mol. The van der Waals surface area contributed by atoms with Gasteiger partial charge in [0.15, 0.2) is 0 Å². The second-order valence-corrected chi connectivity index (χ2v) is 3.39. The Labute approximate surface area is 84.9 Å². The summed E-state index contributed by atoms with van der Waals surface area (Å²) < 4.78 is 4.96. The normalized spacial score (nSPS) is 12.2. The van der Waals surface area contributed by atoms with E-state index in [1.165, 1.54) is 5.56 Å². The fourth-order valence-corrected chi connectivity index (χ4v) is 1.34. The average Bonchev–Trinajstić information content (AvgIpc) is 2.17. The van der Waals surface area contributed by atoms with Gasteiger partial charge in [-0.3, -0.25) is 4.79 Å². The first-order valence-corrected chi connectivity index (χ1v) is 4.88. The van der Waals surface area contributed by atoms with Crippen molar-refractivity contribution in [2.45, 2.75) is 26.7 Å². The number of hydrogen-bond acceptors (Lipinski definition) is 2. The molecule has 0 fully saturated rings. The molecule has 0 N–H and O–H groups in total. The zero-order valence-electron chi connectivity index (χ0n) is 8.91. The lowest BCUT2D eigenvalue weighted by Gasteiger charge is -2.10. The molecule has 0 spiro atoms. The van der Waals surface area contributed by atoms with Gasteiger partial charge in [-0.05, 0) is 26.3 Å². The first-order valence-electron chi connectivity index (χ1n) is 4.88. The minimum atomic E-state index is -0.171. The molecule has 0 heterocycles. The van der Waals surface area contributed by atoms with Crippen molar-refractivity contribution in [2.75, 3.05) is 6.61 Å². The predicted octanol–water partition coefficient (Wildman–Crippen LogP) is 2.66. The highest BCUT2D eigenvalue weighted by Crippen LogP contribution is 2.17. The molecule has 14 heavy (non-hydrogen) atoms. The van der Waals surface area contributed by atoms with Gasteiger partial charge in [0.2, 0.25) is 0 Å². The Kier molecular flexibility index (Phi) is 3.69. The number of hydrogen-bond donors (Lipinski definition) is 0. The van der Waals surface area contributed by atoms with Gasteiger partial charge >= 0.3 is 5.97 Å². The third-order valence-corrected chi connectivity index (χ3v) is 2.18.